The molecule has 0 bridgehead atoms. The van der Waals surface area contributed by atoms with Crippen LogP contribution in [0.5, 0.6) is 0 Å². The van der Waals surface area contributed by atoms with Gasteiger partial charge in [-0.1, -0.05) is 25.0 Å². The summed E-state index contributed by atoms with van der Waals surface area (Å²) in [5.74, 6) is 5.47. The van der Waals surface area contributed by atoms with Gasteiger partial charge in [-0.05, 0) is 38.5 Å². The minimum atomic E-state index is -3.67. The van der Waals surface area contributed by atoms with E-state index in [1.54, 1.807) is 13.0 Å². The van der Waals surface area contributed by atoms with Crippen LogP contribution in [0.2, 0.25) is 0 Å². The number of sulfone groups is 1. The van der Waals surface area contributed by atoms with Crippen molar-refractivity contribution in [2.24, 2.45) is 0 Å². The van der Waals surface area contributed by atoms with E-state index in [2.05, 4.69) is 17.2 Å². The van der Waals surface area contributed by atoms with Gasteiger partial charge in [0.15, 0.2) is 0 Å². The smallest absolute Gasteiger partial charge is 0.217 e. The maximum Gasteiger partial charge on any atom is 0.217 e. The van der Waals surface area contributed by atoms with Crippen LogP contribution in [-0.4, -0.2) is 45.7 Å². The fraction of sp³-hybridized carbons (Fsp3) is 0.474. The Labute approximate surface area is 149 Å². The molecule has 25 heavy (non-hydrogen) atoms. The molecule has 1 aromatic rings. The molecule has 0 radical (unpaired) electrons. The van der Waals surface area contributed by atoms with Crippen LogP contribution in [0.25, 0.3) is 5.57 Å². The number of rotatable bonds is 3. The maximum atomic E-state index is 14.4. The van der Waals surface area contributed by atoms with Gasteiger partial charge in [0.2, 0.25) is 9.84 Å². The van der Waals surface area contributed by atoms with Crippen molar-refractivity contribution < 1.29 is 12.8 Å². The summed E-state index contributed by atoms with van der Waals surface area (Å²) in [6.07, 6.45) is 0.184. The standard InChI is InChI=1S/C19H23FN2O2S/c1-4-7-18-13(5-2)14-8-6-9-17(19(14)25(18,23)24)21-16-10-11-22(3)12-15(16)20/h6,8-9,15-16,21H,5,10-12H2,1-3H3. The van der Waals surface area contributed by atoms with Gasteiger partial charge < -0.3 is 10.2 Å². The van der Waals surface area contributed by atoms with Gasteiger partial charge >= 0.3 is 0 Å². The Bertz CT molecular complexity index is 880. The molecule has 0 spiro atoms. The van der Waals surface area contributed by atoms with E-state index in [0.717, 1.165) is 12.1 Å². The van der Waals surface area contributed by atoms with Crippen LogP contribution in [0.1, 0.15) is 32.3 Å². The lowest BCUT2D eigenvalue weighted by Gasteiger charge is -2.33. The van der Waals surface area contributed by atoms with Gasteiger partial charge in [-0.3, -0.25) is 0 Å². The third-order valence-electron chi connectivity index (χ3n) is 4.83. The Morgan fingerprint density at radius 2 is 2.16 bits per heavy atom. The largest absolute Gasteiger partial charge is 0.378 e. The summed E-state index contributed by atoms with van der Waals surface area (Å²) in [4.78, 5) is 2.37. The number of hydrogen-bond acceptors (Lipinski definition) is 4. The first-order valence-corrected chi connectivity index (χ1v) is 10.0. The zero-order valence-electron chi connectivity index (χ0n) is 14.8. The van der Waals surface area contributed by atoms with E-state index in [0.29, 0.717) is 30.6 Å². The second kappa shape index (κ2) is 6.81. The van der Waals surface area contributed by atoms with Gasteiger partial charge in [0, 0.05) is 18.7 Å². The monoisotopic (exact) mass is 362 g/mol. The molecule has 2 aliphatic heterocycles. The molecule has 1 fully saturated rings. The lowest BCUT2D eigenvalue weighted by Crippen LogP contribution is -2.46. The number of alkyl halides is 1. The molecule has 0 aromatic heterocycles. The van der Waals surface area contributed by atoms with Gasteiger partial charge in [-0.15, -0.1) is 5.92 Å². The summed E-state index contributed by atoms with van der Waals surface area (Å²) in [7, 11) is -1.78. The van der Waals surface area contributed by atoms with Crippen LogP contribution in [0.3, 0.4) is 0 Å². The second-order valence-electron chi connectivity index (χ2n) is 6.54. The number of benzene rings is 1. The molecule has 1 aromatic carbocycles. The summed E-state index contributed by atoms with van der Waals surface area (Å²) < 4.78 is 40.5. The molecule has 4 nitrogen and oxygen atoms in total. The van der Waals surface area contributed by atoms with Crippen LogP contribution in [0.15, 0.2) is 28.0 Å². The third kappa shape index (κ3) is 3.07. The highest BCUT2D eigenvalue weighted by molar-refractivity contribution is 7.96. The van der Waals surface area contributed by atoms with Gasteiger partial charge in [0.25, 0.3) is 0 Å². The van der Waals surface area contributed by atoms with E-state index in [-0.39, 0.29) is 15.8 Å². The predicted octanol–water partition coefficient (Wildman–Crippen LogP) is 3.07. The van der Waals surface area contributed by atoms with E-state index >= 15 is 0 Å². The first-order valence-electron chi connectivity index (χ1n) is 8.53. The number of allylic oxidation sites excluding steroid dienone is 2. The minimum absolute atomic E-state index is 0.182. The number of piperidine rings is 1. The zero-order chi connectivity index (χ0) is 18.2. The van der Waals surface area contributed by atoms with Crippen molar-refractivity contribution in [2.75, 3.05) is 25.5 Å². The van der Waals surface area contributed by atoms with Gasteiger partial charge in [0.1, 0.15) is 16.0 Å². The molecule has 0 amide bonds. The summed E-state index contributed by atoms with van der Waals surface area (Å²) in [5, 5.41) is 3.16. The molecule has 134 valence electrons. The number of anilines is 1. The lowest BCUT2D eigenvalue weighted by molar-refractivity contribution is 0.149. The molecule has 2 atom stereocenters. The van der Waals surface area contributed by atoms with Crippen molar-refractivity contribution in [1.29, 1.82) is 0 Å². The quantitative estimate of drug-likeness (QED) is 0.840. The molecule has 6 heteroatoms. The highest BCUT2D eigenvalue weighted by Gasteiger charge is 2.37. The number of fused-ring (bicyclic) bond motifs is 1. The highest BCUT2D eigenvalue weighted by Crippen LogP contribution is 2.44. The lowest BCUT2D eigenvalue weighted by atomic mass is 10.0. The maximum absolute atomic E-state index is 14.4. The van der Waals surface area contributed by atoms with E-state index in [1.165, 1.54) is 0 Å². The number of hydrogen-bond donors (Lipinski definition) is 1. The van der Waals surface area contributed by atoms with Crippen molar-refractivity contribution >= 4 is 21.1 Å². The Balaban J connectivity index is 2.03. The first-order chi connectivity index (χ1) is 11.9. The molecule has 0 saturated carbocycles. The topological polar surface area (TPSA) is 49.4 Å². The fourth-order valence-corrected chi connectivity index (χ4v) is 5.51. The van der Waals surface area contributed by atoms with Crippen LogP contribution < -0.4 is 5.32 Å². The molecular formula is C19H23FN2O2S. The van der Waals surface area contributed by atoms with Crippen LogP contribution in [0.4, 0.5) is 10.1 Å². The van der Waals surface area contributed by atoms with Crippen molar-refractivity contribution in [2.45, 2.75) is 43.8 Å². The summed E-state index contributed by atoms with van der Waals surface area (Å²) in [5.41, 5.74) is 1.91. The van der Waals surface area contributed by atoms with Crippen molar-refractivity contribution in [1.82, 2.24) is 4.90 Å². The SMILES string of the molecule is CC#CC1=C(CC)c2cccc(NC3CCN(C)CC3F)c2S1(=O)=O. The molecule has 2 aliphatic rings. The molecular weight excluding hydrogens is 339 g/mol. The molecule has 1 N–H and O–H groups in total. The third-order valence-corrected chi connectivity index (χ3v) is 6.69. The Kier molecular flexibility index (Phi) is 4.90. The average Bonchev–Trinajstić information content (AvgIpc) is 2.78. The zero-order valence-corrected chi connectivity index (χ0v) is 15.6. The fourth-order valence-electron chi connectivity index (χ4n) is 3.59. The molecule has 0 aliphatic carbocycles. The summed E-state index contributed by atoms with van der Waals surface area (Å²) >= 11 is 0. The summed E-state index contributed by atoms with van der Waals surface area (Å²) in [6, 6.07) is 4.96. The Morgan fingerprint density at radius 3 is 2.80 bits per heavy atom. The second-order valence-corrected chi connectivity index (χ2v) is 8.36. The number of nitrogens with one attached hydrogen (secondary N) is 1. The normalized spacial score (nSPS) is 25.3. The first kappa shape index (κ1) is 18.0. The molecule has 3 rings (SSSR count). The van der Waals surface area contributed by atoms with Crippen LogP contribution in [0, 0.1) is 11.8 Å². The predicted molar refractivity (Wildman–Crippen MR) is 98.7 cm³/mol. The Morgan fingerprint density at radius 1 is 1.40 bits per heavy atom. The van der Waals surface area contributed by atoms with E-state index < -0.39 is 16.0 Å². The number of halogens is 1. The average molecular weight is 362 g/mol. The number of likely N-dealkylation sites (tertiary alicyclic amines) is 1. The Hall–Kier alpha value is -1.84. The molecule has 1 saturated heterocycles. The van der Waals surface area contributed by atoms with Crippen molar-refractivity contribution in [3.8, 4) is 11.8 Å². The summed E-state index contributed by atoms with van der Waals surface area (Å²) in [6.45, 7) is 4.69. The molecule has 2 unspecified atom stereocenters. The van der Waals surface area contributed by atoms with Gasteiger partial charge in [0.05, 0.1) is 11.7 Å². The minimum Gasteiger partial charge on any atom is -0.378 e. The van der Waals surface area contributed by atoms with E-state index in [1.807, 2.05) is 31.0 Å². The van der Waals surface area contributed by atoms with Crippen LogP contribution >= 0.6 is 0 Å². The molecule has 2 heterocycles. The number of nitrogens with zero attached hydrogens (tertiary/aromatic N) is 1. The van der Waals surface area contributed by atoms with Gasteiger partial charge in [-0.2, -0.15) is 0 Å². The van der Waals surface area contributed by atoms with Gasteiger partial charge in [-0.25, -0.2) is 12.8 Å². The highest BCUT2D eigenvalue weighted by atomic mass is 32.2. The van der Waals surface area contributed by atoms with Crippen molar-refractivity contribution in [3.05, 3.63) is 28.7 Å². The van der Waals surface area contributed by atoms with Crippen molar-refractivity contribution in [3.63, 3.8) is 0 Å². The van der Waals surface area contributed by atoms with E-state index in [4.69, 9.17) is 0 Å². The van der Waals surface area contributed by atoms with E-state index in [9.17, 15) is 12.8 Å². The van der Waals surface area contributed by atoms with Crippen LogP contribution in [-0.2, 0) is 9.84 Å².